The summed E-state index contributed by atoms with van der Waals surface area (Å²) in [6.45, 7) is 8.07. The Kier molecular flexibility index (Phi) is 14.6. The third kappa shape index (κ3) is 9.82. The first kappa shape index (κ1) is 42.7. The van der Waals surface area contributed by atoms with Crippen molar-refractivity contribution in [1.29, 1.82) is 0 Å². The molecule has 0 bridgehead atoms. The van der Waals surface area contributed by atoms with Gasteiger partial charge in [-0.05, 0) is 25.7 Å². The average Bonchev–Trinajstić information content (AvgIpc) is 3.48. The topological polar surface area (TPSA) is 50.2 Å². The second-order valence-corrected chi connectivity index (χ2v) is 27.2. The van der Waals surface area contributed by atoms with Crippen molar-refractivity contribution in [3.8, 4) is 22.3 Å². The van der Waals surface area contributed by atoms with Crippen LogP contribution in [-0.2, 0) is 31.1 Å². The van der Waals surface area contributed by atoms with Gasteiger partial charge in [0.1, 0.15) is 0 Å². The summed E-state index contributed by atoms with van der Waals surface area (Å²) in [7, 11) is 0. The van der Waals surface area contributed by atoms with E-state index in [9.17, 15) is 23.1 Å². The van der Waals surface area contributed by atoms with Crippen LogP contribution in [-0.4, -0.2) is 43.6 Å². The molecule has 4 aromatic carbocycles. The molecule has 0 aliphatic carbocycles. The van der Waals surface area contributed by atoms with Gasteiger partial charge in [0.2, 0.25) is 0 Å². The number of rotatable bonds is 10. The van der Waals surface area contributed by atoms with Crippen LogP contribution in [0, 0.1) is 17.9 Å². The van der Waals surface area contributed by atoms with E-state index in [1.165, 1.54) is 10.5 Å². The molecule has 6 rings (SSSR count). The van der Waals surface area contributed by atoms with E-state index in [0.29, 0.717) is 15.3 Å². The average molecular weight is 1020 g/mol. The second kappa shape index (κ2) is 18.1. The van der Waals surface area contributed by atoms with Gasteiger partial charge >= 0.3 is 223 Å². The first-order valence-electron chi connectivity index (χ1n) is 18.1. The summed E-state index contributed by atoms with van der Waals surface area (Å²) in [5, 5.41) is 12.6. The maximum atomic E-state index is 14.2. The van der Waals surface area contributed by atoms with Crippen molar-refractivity contribution in [3.05, 3.63) is 109 Å². The Morgan fingerprint density at radius 1 is 0.849 bits per heavy atom. The van der Waals surface area contributed by atoms with Crippen LogP contribution in [0.5, 0.6) is 0 Å². The minimum absolute atomic E-state index is 0. The van der Waals surface area contributed by atoms with Crippen molar-refractivity contribution in [3.63, 3.8) is 0 Å². The maximum absolute atomic E-state index is 14.2. The number of aromatic nitrogens is 1. The number of ketones is 1. The van der Waals surface area contributed by atoms with Crippen molar-refractivity contribution in [2.24, 2.45) is 11.8 Å². The second-order valence-electron chi connectivity index (χ2n) is 14.3. The van der Waals surface area contributed by atoms with Gasteiger partial charge in [-0.2, -0.15) is 0 Å². The molecule has 3 nitrogen and oxygen atoms in total. The first-order chi connectivity index (χ1) is 24.7. The van der Waals surface area contributed by atoms with Gasteiger partial charge in [0.15, 0.2) is 5.78 Å². The molecule has 0 saturated carbocycles. The normalized spacial score (nSPS) is 12.3. The zero-order chi connectivity index (χ0) is 37.8. The zero-order valence-electron chi connectivity index (χ0n) is 31.3. The summed E-state index contributed by atoms with van der Waals surface area (Å²) in [6, 6.07) is 29.5. The Morgan fingerprint density at radius 3 is 1.94 bits per heavy atom. The van der Waals surface area contributed by atoms with Crippen LogP contribution in [0.25, 0.3) is 52.4 Å². The van der Waals surface area contributed by atoms with Crippen LogP contribution in [0.2, 0.25) is 17.3 Å². The number of alkyl halides is 3. The SMILES string of the molecule is CCC(CC)C(=O)/C=C(\O)C(CC)CC.[CH3][Ge]([CH3])([CH3])[c]1ccc(-c2ccc(-c3c(C(F)(F)F)cnc4c3[se]c3cc5ccccc5[c-]c34)cc2)cc1.[Ir]. The third-order valence-electron chi connectivity index (χ3n) is 9.88. The van der Waals surface area contributed by atoms with Crippen molar-refractivity contribution in [1.82, 2.24) is 4.98 Å². The van der Waals surface area contributed by atoms with E-state index in [2.05, 4.69) is 58.7 Å². The number of hydrogen-bond donors (Lipinski definition) is 1. The fourth-order valence-electron chi connectivity index (χ4n) is 6.56. The Balaban J connectivity index is 0.000000335. The van der Waals surface area contributed by atoms with Crippen molar-refractivity contribution < 1.29 is 43.2 Å². The largest absolute Gasteiger partial charge is 0 e. The summed E-state index contributed by atoms with van der Waals surface area (Å²) < 4.78 is 45.7. The molecule has 0 aliphatic rings. The minimum atomic E-state index is -4.50. The summed E-state index contributed by atoms with van der Waals surface area (Å²) >= 11 is -2.22. The maximum Gasteiger partial charge on any atom is 0 e. The van der Waals surface area contributed by atoms with E-state index in [4.69, 9.17) is 0 Å². The molecular formula is C44H47F3GeIrNO2Se-. The molecule has 2 heterocycles. The van der Waals surface area contributed by atoms with E-state index >= 15 is 0 Å². The number of fused-ring (bicyclic) bond motifs is 4. The molecule has 0 unspecified atom stereocenters. The van der Waals surface area contributed by atoms with E-state index < -0.39 is 25.0 Å². The Morgan fingerprint density at radius 2 is 1.40 bits per heavy atom. The number of nitrogens with zero attached hydrogens (tertiary/aromatic N) is 1. The molecule has 1 radical (unpaired) electrons. The summed E-state index contributed by atoms with van der Waals surface area (Å²) in [5.41, 5.74) is 2.81. The number of aliphatic hydroxyl groups is 1. The minimum Gasteiger partial charge on any atom is 0 e. The van der Waals surface area contributed by atoms with Crippen LogP contribution in [0.4, 0.5) is 13.2 Å². The van der Waals surface area contributed by atoms with Crippen molar-refractivity contribution in [2.45, 2.75) is 76.8 Å². The zero-order valence-corrected chi connectivity index (χ0v) is 37.5. The first-order valence-corrected chi connectivity index (χ1v) is 27.1. The number of benzene rings is 4. The predicted octanol–water partition coefficient (Wildman–Crippen LogP) is 12.2. The van der Waals surface area contributed by atoms with Gasteiger partial charge in [-0.15, -0.1) is 0 Å². The number of carbonyl (C=O) groups is 1. The van der Waals surface area contributed by atoms with Gasteiger partial charge in [0, 0.05) is 38.0 Å². The molecule has 0 atom stereocenters. The van der Waals surface area contributed by atoms with Gasteiger partial charge in [0.05, 0.1) is 5.76 Å². The number of aliphatic hydroxyl groups excluding tert-OH is 1. The molecule has 0 aliphatic heterocycles. The molecule has 0 spiro atoms. The molecule has 6 aromatic rings. The fraction of sp³-hybridized carbons (Fsp3) is 0.318. The van der Waals surface area contributed by atoms with E-state index in [-0.39, 0.29) is 63.6 Å². The molecule has 53 heavy (non-hydrogen) atoms. The van der Waals surface area contributed by atoms with E-state index in [1.54, 1.807) is 0 Å². The van der Waals surface area contributed by atoms with Crippen molar-refractivity contribution in [2.75, 3.05) is 0 Å². The molecule has 0 fully saturated rings. The smallest absolute Gasteiger partial charge is 0 e. The third-order valence-corrected chi connectivity index (χ3v) is 16.6. The molecule has 9 heteroatoms. The molecule has 0 saturated heterocycles. The summed E-state index contributed by atoms with van der Waals surface area (Å²) in [4.78, 5) is 16.0. The standard InChI is InChI=1S/C31H23F3GeNSe.C13H24O2.Ir/c1-35(2,3)24-14-12-20(13-15-24)19-8-10-21(11-9-19)28-26(31(32,33)34)18-36-29-25-16-22-6-4-5-7-23(22)17-27(25)37-30(28)29;1-5-10(6-2)12(14)9-13(15)11(7-3)8-4;/h4-15,17-18H,1-3H3;9-11,14H,5-8H2,1-4H3;/q-1;;/b;12-9-;. The Bertz CT molecular complexity index is 2200. The van der Waals surface area contributed by atoms with Gasteiger partial charge in [-0.25, -0.2) is 0 Å². The number of allylic oxidation sites excluding steroid dienone is 2. The van der Waals surface area contributed by atoms with Gasteiger partial charge < -0.3 is 5.11 Å². The van der Waals surface area contributed by atoms with Gasteiger partial charge in [-0.1, -0.05) is 27.7 Å². The summed E-state index contributed by atoms with van der Waals surface area (Å²) in [5.74, 6) is 7.62. The number of hydrogen-bond acceptors (Lipinski definition) is 3. The Labute approximate surface area is 333 Å². The monoisotopic (exact) mass is 1030 g/mol. The van der Waals surface area contributed by atoms with Crippen LogP contribution < -0.4 is 4.40 Å². The van der Waals surface area contributed by atoms with Gasteiger partial charge in [0.25, 0.3) is 0 Å². The predicted molar refractivity (Wildman–Crippen MR) is 215 cm³/mol. The molecule has 1 N–H and O–H groups in total. The number of carbonyl (C=O) groups excluding carboxylic acids is 1. The van der Waals surface area contributed by atoms with Crippen LogP contribution in [0.1, 0.15) is 58.9 Å². The van der Waals surface area contributed by atoms with Gasteiger partial charge in [-0.3, -0.25) is 4.79 Å². The van der Waals surface area contributed by atoms with Crippen molar-refractivity contribution >= 4 is 68.1 Å². The van der Waals surface area contributed by atoms with Crippen LogP contribution in [0.15, 0.2) is 96.9 Å². The Hall–Kier alpha value is -3.00. The quantitative estimate of drug-likeness (QED) is 0.0644. The van der Waals surface area contributed by atoms with Crippen LogP contribution >= 0.6 is 0 Å². The molecular weight excluding hydrogens is 975 g/mol. The van der Waals surface area contributed by atoms with E-state index in [0.717, 1.165) is 63.4 Å². The molecule has 2 aromatic heterocycles. The number of halogens is 3. The summed E-state index contributed by atoms with van der Waals surface area (Å²) in [6.07, 6.45) is 1.40. The number of pyridine rings is 1. The van der Waals surface area contributed by atoms with E-state index in [1.807, 2.05) is 76.2 Å². The molecule has 281 valence electrons. The fourth-order valence-corrected chi connectivity index (χ4v) is 11.6. The molecule has 0 amide bonds. The van der Waals surface area contributed by atoms with Crippen LogP contribution in [0.3, 0.4) is 0 Å².